The van der Waals surface area contributed by atoms with Crippen LogP contribution in [-0.4, -0.2) is 70.5 Å². The molecule has 3 aromatic rings. The van der Waals surface area contributed by atoms with E-state index in [2.05, 4.69) is 30.0 Å². The van der Waals surface area contributed by atoms with Crippen LogP contribution in [0.5, 0.6) is 0 Å². The van der Waals surface area contributed by atoms with Crippen molar-refractivity contribution < 1.29 is 9.71 Å². The molecule has 0 radical (unpaired) electrons. The lowest BCUT2D eigenvalue weighted by Crippen LogP contribution is -2.72. The second-order valence-corrected chi connectivity index (χ2v) is 8.07. The molecule has 1 aromatic carbocycles. The molecule has 0 atom stereocenters. The first-order chi connectivity index (χ1) is 15.2. The quantitative estimate of drug-likeness (QED) is 0.525. The monoisotopic (exact) mass is 421 g/mol. The molecule has 160 valence electrons. The minimum atomic E-state index is -0.392. The topological polar surface area (TPSA) is 101 Å². The highest BCUT2D eigenvalue weighted by atomic mass is 19.1. The largest absolute Gasteiger partial charge is 0.354 e. The van der Waals surface area contributed by atoms with Crippen LogP contribution in [0, 0.1) is 11.2 Å². The second kappa shape index (κ2) is 8.16. The molecule has 2 aromatic heterocycles. The first-order valence-electron chi connectivity index (χ1n) is 10.7. The molecule has 8 nitrogen and oxygen atoms in total. The van der Waals surface area contributed by atoms with E-state index in [0.29, 0.717) is 28.0 Å². The predicted octanol–water partition coefficient (Wildman–Crippen LogP) is 1.63. The maximum atomic E-state index is 14.6. The number of H-pyrrole nitrogens is 1. The number of piperazine rings is 1. The lowest BCUT2D eigenvalue weighted by atomic mass is 10.0. The Hall–Kier alpha value is -3.17. The molecular formula is C22H26FN8+. The molecule has 1 saturated heterocycles. The van der Waals surface area contributed by atoms with Gasteiger partial charge in [0.05, 0.1) is 23.8 Å². The number of hydrogen-bond acceptors (Lipinski definition) is 6. The smallest absolute Gasteiger partial charge is 0.133 e. The Morgan fingerprint density at radius 2 is 2.00 bits per heavy atom. The van der Waals surface area contributed by atoms with E-state index in [1.165, 1.54) is 18.9 Å². The second-order valence-electron chi connectivity index (χ2n) is 8.07. The summed E-state index contributed by atoms with van der Waals surface area (Å²) in [4.78, 5) is 13.8. The zero-order chi connectivity index (χ0) is 21.4. The maximum absolute atomic E-state index is 14.6. The van der Waals surface area contributed by atoms with Gasteiger partial charge in [-0.05, 0) is 18.9 Å². The summed E-state index contributed by atoms with van der Waals surface area (Å²) in [7, 11) is 1.84. The van der Waals surface area contributed by atoms with Crippen molar-refractivity contribution in [3.63, 3.8) is 0 Å². The summed E-state index contributed by atoms with van der Waals surface area (Å²) in [5.74, 6) is 0.496. The average molecular weight is 422 g/mol. The van der Waals surface area contributed by atoms with Crippen molar-refractivity contribution in [2.75, 3.05) is 38.1 Å². The van der Waals surface area contributed by atoms with Gasteiger partial charge in [0, 0.05) is 61.5 Å². The third-order valence-electron chi connectivity index (χ3n) is 6.06. The minimum Gasteiger partial charge on any atom is -0.354 e. The number of allylic oxidation sites excluding steroid dienone is 1. The van der Waals surface area contributed by atoms with Crippen molar-refractivity contribution in [1.29, 1.82) is 5.41 Å². The van der Waals surface area contributed by atoms with E-state index in [-0.39, 0.29) is 0 Å². The number of aromatic nitrogens is 4. The molecule has 1 aliphatic heterocycles. The molecule has 0 unspecified atom stereocenters. The first kappa shape index (κ1) is 19.8. The van der Waals surface area contributed by atoms with Crippen molar-refractivity contribution in [2.24, 2.45) is 0 Å². The van der Waals surface area contributed by atoms with Gasteiger partial charge in [-0.1, -0.05) is 0 Å². The molecule has 0 amide bonds. The Morgan fingerprint density at radius 1 is 1.19 bits per heavy atom. The van der Waals surface area contributed by atoms with Crippen molar-refractivity contribution in [3.05, 3.63) is 42.1 Å². The lowest BCUT2D eigenvalue weighted by molar-refractivity contribution is -0.555. The highest BCUT2D eigenvalue weighted by Crippen LogP contribution is 2.31. The van der Waals surface area contributed by atoms with Gasteiger partial charge in [-0.25, -0.2) is 14.4 Å². The first-order valence-corrected chi connectivity index (χ1v) is 10.7. The summed E-state index contributed by atoms with van der Waals surface area (Å²) in [6.07, 6.45) is 7.11. The van der Waals surface area contributed by atoms with E-state index < -0.39 is 5.82 Å². The number of nitrogens with one attached hydrogen (secondary N) is 2. The van der Waals surface area contributed by atoms with Crippen LogP contribution in [0.3, 0.4) is 0 Å². The van der Waals surface area contributed by atoms with Crippen molar-refractivity contribution in [2.45, 2.75) is 18.9 Å². The normalized spacial score (nSPS) is 18.0. The third kappa shape index (κ3) is 3.82. The lowest BCUT2D eigenvalue weighted by Gasteiger charge is -2.35. The summed E-state index contributed by atoms with van der Waals surface area (Å²) in [5.41, 5.74) is 2.82. The number of nitrogens with two attached hydrogens (primary N) is 1. The Balaban J connectivity index is 1.47. The summed E-state index contributed by atoms with van der Waals surface area (Å²) in [6, 6.07) is 5.91. The number of aromatic amines is 1. The summed E-state index contributed by atoms with van der Waals surface area (Å²) in [5, 5.41) is 17.5. The fraction of sp³-hybridized carbons (Fsp3) is 0.364. The maximum Gasteiger partial charge on any atom is 0.133 e. The number of anilines is 1. The number of fused-ring (bicyclic) bond motifs is 1. The Labute approximate surface area is 179 Å². The average Bonchev–Trinajstić information content (AvgIpc) is 3.58. The van der Waals surface area contributed by atoms with Crippen LogP contribution in [0.1, 0.15) is 18.4 Å². The fourth-order valence-corrected chi connectivity index (χ4v) is 4.26. The number of hydrogen-bond donors (Lipinski definition) is 3. The number of quaternary nitrogens is 1. The standard InChI is InChI=1S/C22H25FN8/c1-25-12-14(11-24)16-8-17-19(9-18(16)23)28-29-22(17)20-10-21(27-13-26-20)31-6-4-30(5-7-31)15-2-3-15/h8-13,15,24-25H,2-7H2,1H3,(H,28,29)/p+1/b14-12+,24-11?. The summed E-state index contributed by atoms with van der Waals surface area (Å²) >= 11 is 0. The fourth-order valence-electron chi connectivity index (χ4n) is 4.26. The van der Waals surface area contributed by atoms with Crippen LogP contribution in [0.15, 0.2) is 30.7 Å². The molecule has 9 heteroatoms. The van der Waals surface area contributed by atoms with Gasteiger partial charge in [0.25, 0.3) is 0 Å². The van der Waals surface area contributed by atoms with Gasteiger partial charge in [-0.3, -0.25) is 10.00 Å². The van der Waals surface area contributed by atoms with Gasteiger partial charge in [-0.15, -0.1) is 0 Å². The van der Waals surface area contributed by atoms with Crippen molar-refractivity contribution in [1.82, 2.24) is 25.1 Å². The van der Waals surface area contributed by atoms with E-state index in [1.54, 1.807) is 23.9 Å². The molecule has 0 bridgehead atoms. The molecular weight excluding hydrogens is 395 g/mol. The van der Waals surface area contributed by atoms with Crippen LogP contribution in [-0.2, 0) is 0 Å². The van der Waals surface area contributed by atoms with Crippen LogP contribution >= 0.6 is 0 Å². The molecule has 1 aliphatic carbocycles. The van der Waals surface area contributed by atoms with Gasteiger partial charge in [0.15, 0.2) is 0 Å². The Bertz CT molecular complexity index is 1140. The van der Waals surface area contributed by atoms with E-state index >= 15 is 0 Å². The highest BCUT2D eigenvalue weighted by molar-refractivity contribution is 6.09. The molecule has 2 fully saturated rings. The van der Waals surface area contributed by atoms with Gasteiger partial charge in [-0.2, -0.15) is 5.10 Å². The highest BCUT2D eigenvalue weighted by Gasteiger charge is 2.31. The van der Waals surface area contributed by atoms with Crippen molar-refractivity contribution >= 4 is 28.5 Å². The zero-order valence-electron chi connectivity index (χ0n) is 17.5. The molecule has 3 heterocycles. The number of benzene rings is 1. The van der Waals surface area contributed by atoms with Gasteiger partial charge in [0.1, 0.15) is 29.9 Å². The van der Waals surface area contributed by atoms with Gasteiger partial charge < -0.3 is 15.6 Å². The van der Waals surface area contributed by atoms with E-state index in [0.717, 1.165) is 49.6 Å². The molecule has 2 aliphatic rings. The van der Waals surface area contributed by atoms with E-state index in [9.17, 15) is 4.39 Å². The van der Waals surface area contributed by atoms with Gasteiger partial charge >= 0.3 is 0 Å². The summed E-state index contributed by atoms with van der Waals surface area (Å²) in [6.45, 7) is 4.02. The van der Waals surface area contributed by atoms with Crippen molar-refractivity contribution in [3.8, 4) is 11.4 Å². The zero-order valence-corrected chi connectivity index (χ0v) is 17.5. The van der Waals surface area contributed by atoms with Crippen LogP contribution < -0.4 is 10.2 Å². The van der Waals surface area contributed by atoms with Crippen LogP contribution in [0.4, 0.5) is 10.2 Å². The van der Waals surface area contributed by atoms with Gasteiger partial charge in [0.2, 0.25) is 0 Å². The van der Waals surface area contributed by atoms with Crippen LogP contribution in [0.25, 0.3) is 27.9 Å². The molecule has 31 heavy (non-hydrogen) atoms. The molecule has 1 saturated carbocycles. The molecule has 0 spiro atoms. The predicted molar refractivity (Wildman–Crippen MR) is 118 cm³/mol. The molecule has 5 rings (SSSR count). The SMILES string of the molecule is C[NH2+]/C=C(\C=N)c1cc2c(-c3cc(N4CCN(C5CC5)CC4)ncn3)n[nH]c2cc1F. The third-order valence-corrected chi connectivity index (χ3v) is 6.06. The number of rotatable bonds is 6. The summed E-state index contributed by atoms with van der Waals surface area (Å²) < 4.78 is 14.6. The molecule has 4 N–H and O–H groups in total. The van der Waals surface area contributed by atoms with E-state index in [1.807, 2.05) is 13.1 Å². The number of nitrogens with zero attached hydrogens (tertiary/aromatic N) is 5. The Kier molecular flexibility index (Phi) is 5.21. The minimum absolute atomic E-state index is 0.369. The Morgan fingerprint density at radius 3 is 2.71 bits per heavy atom. The van der Waals surface area contributed by atoms with Crippen LogP contribution in [0.2, 0.25) is 0 Å². The van der Waals surface area contributed by atoms with E-state index in [4.69, 9.17) is 5.41 Å². The number of halogens is 1.